The molecule has 0 radical (unpaired) electrons. The molecule has 0 aliphatic rings. The summed E-state index contributed by atoms with van der Waals surface area (Å²) in [4.78, 5) is 11.7. The van der Waals surface area contributed by atoms with E-state index in [-0.39, 0.29) is 23.7 Å². The molecule has 0 amide bonds. The molecule has 0 spiro atoms. The standard InChI is InChI=1S/C13H14BrNO3/c1-3-18-13(17)11(8(2)16)12(15)9-4-6-10(14)7-5-9/h4-7,15-16H,3H2,1-2H3/b11-8+,15-12?. The van der Waals surface area contributed by atoms with E-state index in [1.165, 1.54) is 6.92 Å². The van der Waals surface area contributed by atoms with Crippen molar-refractivity contribution in [1.82, 2.24) is 0 Å². The maximum absolute atomic E-state index is 11.7. The summed E-state index contributed by atoms with van der Waals surface area (Å²) < 4.78 is 5.70. The molecular weight excluding hydrogens is 298 g/mol. The van der Waals surface area contributed by atoms with Crippen LogP contribution >= 0.6 is 15.9 Å². The normalized spacial score (nSPS) is 11.7. The number of aliphatic hydroxyl groups excluding tert-OH is 1. The van der Waals surface area contributed by atoms with E-state index in [1.54, 1.807) is 31.2 Å². The molecule has 1 aromatic carbocycles. The maximum atomic E-state index is 11.7. The molecule has 0 saturated carbocycles. The van der Waals surface area contributed by atoms with Crippen molar-refractivity contribution in [1.29, 1.82) is 5.41 Å². The smallest absolute Gasteiger partial charge is 0.343 e. The van der Waals surface area contributed by atoms with Gasteiger partial charge in [-0.25, -0.2) is 4.79 Å². The Bertz CT molecular complexity index is 487. The highest BCUT2D eigenvalue weighted by molar-refractivity contribution is 9.10. The lowest BCUT2D eigenvalue weighted by atomic mass is 10.0. The molecule has 18 heavy (non-hydrogen) atoms. The lowest BCUT2D eigenvalue weighted by Crippen LogP contribution is -2.18. The van der Waals surface area contributed by atoms with Gasteiger partial charge in [-0.05, 0) is 26.0 Å². The Kier molecular flexibility index (Phi) is 5.09. The third kappa shape index (κ3) is 3.43. The highest BCUT2D eigenvalue weighted by Crippen LogP contribution is 2.16. The first-order valence-electron chi connectivity index (χ1n) is 5.39. The number of ether oxygens (including phenoxy) is 1. The highest BCUT2D eigenvalue weighted by atomic mass is 79.9. The number of carbonyl (C=O) groups excluding carboxylic acids is 1. The summed E-state index contributed by atoms with van der Waals surface area (Å²) in [6, 6.07) is 6.90. The van der Waals surface area contributed by atoms with Gasteiger partial charge < -0.3 is 9.84 Å². The number of aliphatic hydroxyl groups is 1. The Balaban J connectivity index is 3.09. The highest BCUT2D eigenvalue weighted by Gasteiger charge is 2.20. The molecule has 0 aliphatic carbocycles. The summed E-state index contributed by atoms with van der Waals surface area (Å²) in [6.45, 7) is 3.23. The van der Waals surface area contributed by atoms with Gasteiger partial charge in [0, 0.05) is 10.0 Å². The number of allylic oxidation sites excluding steroid dienone is 1. The number of hydrogen-bond acceptors (Lipinski definition) is 4. The average molecular weight is 312 g/mol. The molecular formula is C13H14BrNO3. The third-order valence-electron chi connectivity index (χ3n) is 2.22. The van der Waals surface area contributed by atoms with Gasteiger partial charge in [0.2, 0.25) is 0 Å². The van der Waals surface area contributed by atoms with Gasteiger partial charge in [0.1, 0.15) is 11.3 Å². The van der Waals surface area contributed by atoms with Gasteiger partial charge in [0.05, 0.1) is 12.3 Å². The topological polar surface area (TPSA) is 70.4 Å². The molecule has 0 aromatic heterocycles. The molecule has 0 bridgehead atoms. The van der Waals surface area contributed by atoms with Gasteiger partial charge in [-0.3, -0.25) is 5.41 Å². The Morgan fingerprint density at radius 3 is 2.39 bits per heavy atom. The van der Waals surface area contributed by atoms with Crippen molar-refractivity contribution < 1.29 is 14.6 Å². The number of carbonyl (C=O) groups is 1. The predicted molar refractivity (Wildman–Crippen MR) is 72.9 cm³/mol. The van der Waals surface area contributed by atoms with Crippen molar-refractivity contribution in [3.63, 3.8) is 0 Å². The molecule has 0 saturated heterocycles. The minimum absolute atomic E-state index is 0.0547. The van der Waals surface area contributed by atoms with E-state index in [0.29, 0.717) is 5.56 Å². The molecule has 0 aliphatic heterocycles. The largest absolute Gasteiger partial charge is 0.512 e. The summed E-state index contributed by atoms with van der Waals surface area (Å²) in [6.07, 6.45) is 0. The minimum Gasteiger partial charge on any atom is -0.512 e. The lowest BCUT2D eigenvalue weighted by molar-refractivity contribution is -0.138. The molecule has 96 valence electrons. The minimum atomic E-state index is -0.689. The summed E-state index contributed by atoms with van der Waals surface area (Å²) >= 11 is 3.29. The second-order valence-electron chi connectivity index (χ2n) is 3.56. The van der Waals surface area contributed by atoms with Crippen LogP contribution in [0.1, 0.15) is 19.4 Å². The molecule has 1 aromatic rings. The van der Waals surface area contributed by atoms with Gasteiger partial charge in [-0.15, -0.1) is 0 Å². The summed E-state index contributed by atoms with van der Waals surface area (Å²) in [5.74, 6) is -0.910. The maximum Gasteiger partial charge on any atom is 0.343 e. The molecule has 2 N–H and O–H groups in total. The average Bonchev–Trinajstić information content (AvgIpc) is 2.29. The van der Waals surface area contributed by atoms with Crippen molar-refractivity contribution in [2.24, 2.45) is 0 Å². The van der Waals surface area contributed by atoms with Crippen LogP contribution in [0.5, 0.6) is 0 Å². The number of benzene rings is 1. The van der Waals surface area contributed by atoms with Crippen LogP contribution in [0.3, 0.4) is 0 Å². The number of hydrogen-bond donors (Lipinski definition) is 2. The summed E-state index contributed by atoms with van der Waals surface area (Å²) in [5, 5.41) is 17.5. The van der Waals surface area contributed by atoms with E-state index >= 15 is 0 Å². The Labute approximate surface area is 114 Å². The van der Waals surface area contributed by atoms with Gasteiger partial charge in [-0.2, -0.15) is 0 Å². The van der Waals surface area contributed by atoms with Crippen molar-refractivity contribution >= 4 is 27.6 Å². The quantitative estimate of drug-likeness (QED) is 0.388. The monoisotopic (exact) mass is 311 g/mol. The number of esters is 1. The second kappa shape index (κ2) is 6.35. The lowest BCUT2D eigenvalue weighted by Gasteiger charge is -2.09. The zero-order valence-corrected chi connectivity index (χ0v) is 11.7. The van der Waals surface area contributed by atoms with Crippen LogP contribution in [0.15, 0.2) is 40.1 Å². The van der Waals surface area contributed by atoms with Crippen molar-refractivity contribution in [2.75, 3.05) is 6.61 Å². The molecule has 0 atom stereocenters. The first-order chi connectivity index (χ1) is 8.47. The molecule has 1 rings (SSSR count). The summed E-state index contributed by atoms with van der Waals surface area (Å²) in [5.41, 5.74) is 0.370. The number of rotatable bonds is 4. The second-order valence-corrected chi connectivity index (χ2v) is 4.48. The van der Waals surface area contributed by atoms with Crippen LogP contribution in [-0.4, -0.2) is 23.4 Å². The van der Waals surface area contributed by atoms with Crippen molar-refractivity contribution in [2.45, 2.75) is 13.8 Å². The van der Waals surface area contributed by atoms with E-state index < -0.39 is 5.97 Å². The first kappa shape index (κ1) is 14.4. The van der Waals surface area contributed by atoms with E-state index in [1.807, 2.05) is 0 Å². The SMILES string of the molecule is CCOC(=O)/C(C(=N)c1ccc(Br)cc1)=C(\C)O. The number of nitrogens with one attached hydrogen (secondary N) is 1. The molecule has 5 heteroatoms. The predicted octanol–water partition coefficient (Wildman–Crippen LogP) is 3.21. The van der Waals surface area contributed by atoms with Crippen LogP contribution < -0.4 is 0 Å². The van der Waals surface area contributed by atoms with Crippen LogP contribution in [-0.2, 0) is 9.53 Å². The van der Waals surface area contributed by atoms with Gasteiger partial charge in [0.15, 0.2) is 0 Å². The molecule has 0 heterocycles. The Morgan fingerprint density at radius 1 is 1.39 bits per heavy atom. The molecule has 0 unspecified atom stereocenters. The fourth-order valence-corrected chi connectivity index (χ4v) is 1.66. The third-order valence-corrected chi connectivity index (χ3v) is 2.75. The number of halogens is 1. The Hall–Kier alpha value is -1.62. The van der Waals surface area contributed by atoms with Crippen LogP contribution in [0.25, 0.3) is 0 Å². The van der Waals surface area contributed by atoms with E-state index in [4.69, 9.17) is 10.1 Å². The first-order valence-corrected chi connectivity index (χ1v) is 6.18. The van der Waals surface area contributed by atoms with Crippen LogP contribution in [0.2, 0.25) is 0 Å². The van der Waals surface area contributed by atoms with Crippen molar-refractivity contribution in [3.05, 3.63) is 45.6 Å². The zero-order valence-electron chi connectivity index (χ0n) is 10.2. The van der Waals surface area contributed by atoms with Gasteiger partial charge in [0.25, 0.3) is 0 Å². The van der Waals surface area contributed by atoms with Crippen LogP contribution in [0.4, 0.5) is 0 Å². The van der Waals surface area contributed by atoms with E-state index in [9.17, 15) is 9.90 Å². The summed E-state index contributed by atoms with van der Waals surface area (Å²) in [7, 11) is 0. The van der Waals surface area contributed by atoms with E-state index in [0.717, 1.165) is 4.47 Å². The van der Waals surface area contributed by atoms with Gasteiger partial charge >= 0.3 is 5.97 Å². The van der Waals surface area contributed by atoms with Gasteiger partial charge in [-0.1, -0.05) is 28.1 Å². The zero-order chi connectivity index (χ0) is 13.7. The fourth-order valence-electron chi connectivity index (χ4n) is 1.39. The van der Waals surface area contributed by atoms with Crippen LogP contribution in [0, 0.1) is 5.41 Å². The Morgan fingerprint density at radius 2 is 1.94 bits per heavy atom. The molecule has 0 fully saturated rings. The van der Waals surface area contributed by atoms with E-state index in [2.05, 4.69) is 15.9 Å². The fraction of sp³-hybridized carbons (Fsp3) is 0.231. The molecule has 4 nitrogen and oxygen atoms in total. The van der Waals surface area contributed by atoms with Crippen molar-refractivity contribution in [3.8, 4) is 0 Å².